The Labute approximate surface area is 137 Å². The van der Waals surface area contributed by atoms with E-state index in [9.17, 15) is 8.42 Å². The smallest absolute Gasteiger partial charge is 0.265 e. The lowest BCUT2D eigenvalue weighted by molar-refractivity contribution is 0.331. The number of sulfonamides is 1. The van der Waals surface area contributed by atoms with Crippen LogP contribution < -0.4 is 9.46 Å². The van der Waals surface area contributed by atoms with Gasteiger partial charge in [0, 0.05) is 9.50 Å². The van der Waals surface area contributed by atoms with Crippen molar-refractivity contribution < 1.29 is 13.2 Å². The molecule has 0 heterocycles. The standard InChI is InChI=1S/C14H13BrClNO3S/c1-2-20-13-7-6-10(15)8-14(13)21(18,19)17-12-5-3-4-11(16)9-12/h3-9,17H,2H2,1H3. The van der Waals surface area contributed by atoms with Crippen LogP contribution >= 0.6 is 27.5 Å². The van der Waals surface area contributed by atoms with Crippen LogP contribution in [0.3, 0.4) is 0 Å². The van der Waals surface area contributed by atoms with E-state index in [1.807, 2.05) is 0 Å². The van der Waals surface area contributed by atoms with Crippen LogP contribution in [0.25, 0.3) is 0 Å². The highest BCUT2D eigenvalue weighted by atomic mass is 79.9. The van der Waals surface area contributed by atoms with Crippen molar-refractivity contribution in [1.82, 2.24) is 0 Å². The Morgan fingerprint density at radius 3 is 2.67 bits per heavy atom. The fraction of sp³-hybridized carbons (Fsp3) is 0.143. The highest BCUT2D eigenvalue weighted by Gasteiger charge is 2.20. The Balaban J connectivity index is 2.41. The summed E-state index contributed by atoms with van der Waals surface area (Å²) in [6.45, 7) is 2.17. The number of hydrogen-bond donors (Lipinski definition) is 1. The summed E-state index contributed by atoms with van der Waals surface area (Å²) in [6.07, 6.45) is 0. The number of ether oxygens (including phenoxy) is 1. The van der Waals surface area contributed by atoms with Crippen molar-refractivity contribution >= 4 is 43.2 Å². The van der Waals surface area contributed by atoms with E-state index >= 15 is 0 Å². The number of nitrogens with one attached hydrogen (secondary N) is 1. The average Bonchev–Trinajstić information content (AvgIpc) is 2.40. The Hall–Kier alpha value is -1.24. The zero-order chi connectivity index (χ0) is 15.5. The number of anilines is 1. The Kier molecular flexibility index (Phi) is 5.13. The van der Waals surface area contributed by atoms with Crippen LogP contribution in [0.15, 0.2) is 51.8 Å². The number of halogens is 2. The van der Waals surface area contributed by atoms with Gasteiger partial charge in [-0.1, -0.05) is 33.6 Å². The van der Waals surface area contributed by atoms with Crippen LogP contribution in [0, 0.1) is 0 Å². The summed E-state index contributed by atoms with van der Waals surface area (Å²) < 4.78 is 33.5. The second kappa shape index (κ2) is 6.68. The second-order valence-electron chi connectivity index (χ2n) is 4.14. The third-order valence-electron chi connectivity index (χ3n) is 2.57. The van der Waals surface area contributed by atoms with Gasteiger partial charge in [0.1, 0.15) is 10.6 Å². The molecule has 0 saturated heterocycles. The van der Waals surface area contributed by atoms with E-state index in [4.69, 9.17) is 16.3 Å². The summed E-state index contributed by atoms with van der Waals surface area (Å²) in [5, 5.41) is 0.453. The molecule has 0 unspecified atom stereocenters. The van der Waals surface area contributed by atoms with Gasteiger partial charge in [0.15, 0.2) is 0 Å². The van der Waals surface area contributed by atoms with E-state index in [0.717, 1.165) is 0 Å². The summed E-state index contributed by atoms with van der Waals surface area (Å²) in [5.74, 6) is 0.301. The summed E-state index contributed by atoms with van der Waals surface area (Å²) >= 11 is 9.13. The van der Waals surface area contributed by atoms with Crippen molar-refractivity contribution in [3.63, 3.8) is 0 Å². The molecule has 2 aromatic rings. The minimum absolute atomic E-state index is 0.0682. The zero-order valence-corrected chi connectivity index (χ0v) is 14.3. The molecule has 7 heteroatoms. The summed E-state index contributed by atoms with van der Waals surface area (Å²) in [6, 6.07) is 11.3. The number of rotatable bonds is 5. The molecular weight excluding hydrogens is 378 g/mol. The van der Waals surface area contributed by atoms with Gasteiger partial charge in [-0.3, -0.25) is 4.72 Å². The minimum Gasteiger partial charge on any atom is -0.492 e. The fourth-order valence-corrected chi connectivity index (χ4v) is 3.65. The normalized spacial score (nSPS) is 11.2. The Morgan fingerprint density at radius 2 is 2.00 bits per heavy atom. The molecule has 0 atom stereocenters. The third kappa shape index (κ3) is 4.12. The van der Waals surface area contributed by atoms with E-state index < -0.39 is 10.0 Å². The molecule has 0 bridgehead atoms. The molecule has 0 aliphatic heterocycles. The molecule has 21 heavy (non-hydrogen) atoms. The van der Waals surface area contributed by atoms with Crippen LogP contribution in [0.5, 0.6) is 5.75 Å². The lowest BCUT2D eigenvalue weighted by atomic mass is 10.3. The van der Waals surface area contributed by atoms with Gasteiger partial charge in [-0.15, -0.1) is 0 Å². The predicted octanol–water partition coefficient (Wildman–Crippen LogP) is 4.30. The topological polar surface area (TPSA) is 55.4 Å². The zero-order valence-electron chi connectivity index (χ0n) is 11.1. The highest BCUT2D eigenvalue weighted by Crippen LogP contribution is 2.29. The SMILES string of the molecule is CCOc1ccc(Br)cc1S(=O)(=O)Nc1cccc(Cl)c1. The van der Waals surface area contributed by atoms with Gasteiger partial charge in [-0.25, -0.2) is 8.42 Å². The predicted molar refractivity (Wildman–Crippen MR) is 87.6 cm³/mol. The van der Waals surface area contributed by atoms with Gasteiger partial charge in [0.05, 0.1) is 12.3 Å². The van der Waals surface area contributed by atoms with Crippen molar-refractivity contribution in [2.75, 3.05) is 11.3 Å². The third-order valence-corrected chi connectivity index (χ3v) is 4.70. The first-order valence-corrected chi connectivity index (χ1v) is 8.78. The van der Waals surface area contributed by atoms with Gasteiger partial charge in [0.25, 0.3) is 10.0 Å². The van der Waals surface area contributed by atoms with E-state index in [2.05, 4.69) is 20.7 Å². The maximum absolute atomic E-state index is 12.5. The van der Waals surface area contributed by atoms with Crippen molar-refractivity contribution in [2.24, 2.45) is 0 Å². The van der Waals surface area contributed by atoms with Crippen molar-refractivity contribution in [3.8, 4) is 5.75 Å². The molecule has 0 aromatic heterocycles. The second-order valence-corrected chi connectivity index (χ2v) is 7.14. The molecule has 0 fully saturated rings. The average molecular weight is 391 g/mol. The molecule has 2 rings (SSSR count). The molecule has 0 radical (unpaired) electrons. The molecule has 0 spiro atoms. The first-order chi connectivity index (χ1) is 9.92. The maximum atomic E-state index is 12.5. The molecule has 0 aliphatic carbocycles. The van der Waals surface area contributed by atoms with Crippen LogP contribution in [0.1, 0.15) is 6.92 Å². The molecule has 112 valence electrons. The number of hydrogen-bond acceptors (Lipinski definition) is 3. The van der Waals surface area contributed by atoms with Crippen LogP contribution in [0.4, 0.5) is 5.69 Å². The summed E-state index contributed by atoms with van der Waals surface area (Å²) in [4.78, 5) is 0.0682. The Morgan fingerprint density at radius 1 is 1.24 bits per heavy atom. The lowest BCUT2D eigenvalue weighted by Crippen LogP contribution is -2.14. The van der Waals surface area contributed by atoms with Crippen molar-refractivity contribution in [1.29, 1.82) is 0 Å². The monoisotopic (exact) mass is 389 g/mol. The van der Waals surface area contributed by atoms with E-state index in [-0.39, 0.29) is 4.90 Å². The first kappa shape index (κ1) is 16.1. The fourth-order valence-electron chi connectivity index (χ4n) is 1.73. The molecule has 0 aliphatic rings. The van der Waals surface area contributed by atoms with Gasteiger partial charge < -0.3 is 4.74 Å². The van der Waals surface area contributed by atoms with Crippen LogP contribution in [0.2, 0.25) is 5.02 Å². The van der Waals surface area contributed by atoms with Crippen molar-refractivity contribution in [3.05, 3.63) is 52.0 Å². The van der Waals surface area contributed by atoms with E-state index in [1.165, 1.54) is 12.1 Å². The van der Waals surface area contributed by atoms with Gasteiger partial charge in [-0.2, -0.15) is 0 Å². The molecule has 4 nitrogen and oxygen atoms in total. The largest absolute Gasteiger partial charge is 0.492 e. The van der Waals surface area contributed by atoms with Gasteiger partial charge in [0.2, 0.25) is 0 Å². The quantitative estimate of drug-likeness (QED) is 0.828. The highest BCUT2D eigenvalue weighted by molar-refractivity contribution is 9.10. The minimum atomic E-state index is -3.77. The molecule has 0 amide bonds. The van der Waals surface area contributed by atoms with E-state index in [0.29, 0.717) is 27.5 Å². The van der Waals surface area contributed by atoms with Crippen LogP contribution in [-0.4, -0.2) is 15.0 Å². The molecule has 2 aromatic carbocycles. The summed E-state index contributed by atoms with van der Waals surface area (Å²) in [7, 11) is -3.77. The maximum Gasteiger partial charge on any atom is 0.265 e. The van der Waals surface area contributed by atoms with E-state index in [1.54, 1.807) is 37.3 Å². The Bertz CT molecular complexity index is 750. The van der Waals surface area contributed by atoms with Crippen molar-refractivity contribution in [2.45, 2.75) is 11.8 Å². The van der Waals surface area contributed by atoms with Gasteiger partial charge >= 0.3 is 0 Å². The molecular formula is C14H13BrClNO3S. The lowest BCUT2D eigenvalue weighted by Gasteiger charge is -2.13. The summed E-state index contributed by atoms with van der Waals surface area (Å²) in [5.41, 5.74) is 0.393. The first-order valence-electron chi connectivity index (χ1n) is 6.13. The van der Waals surface area contributed by atoms with Crippen LogP contribution in [-0.2, 0) is 10.0 Å². The van der Waals surface area contributed by atoms with Gasteiger partial charge in [-0.05, 0) is 43.3 Å². The number of benzene rings is 2. The molecule has 1 N–H and O–H groups in total. The molecule has 0 saturated carbocycles.